The van der Waals surface area contributed by atoms with E-state index in [1.165, 1.54) is 12.1 Å². The number of hydrogen-bond acceptors (Lipinski definition) is 5. The van der Waals surface area contributed by atoms with Crippen molar-refractivity contribution in [1.29, 1.82) is 0 Å². The lowest BCUT2D eigenvalue weighted by molar-refractivity contribution is 0.0695. The molecule has 0 radical (unpaired) electrons. The second-order valence-electron chi connectivity index (χ2n) is 4.33. The van der Waals surface area contributed by atoms with E-state index in [0.717, 1.165) is 10.4 Å². The molecule has 0 spiro atoms. The van der Waals surface area contributed by atoms with E-state index < -0.39 is 29.2 Å². The summed E-state index contributed by atoms with van der Waals surface area (Å²) in [5.41, 5.74) is 0.476. The van der Waals surface area contributed by atoms with Crippen molar-refractivity contribution in [2.75, 3.05) is 26.3 Å². The van der Waals surface area contributed by atoms with Gasteiger partial charge in [0.05, 0.1) is 23.7 Å². The van der Waals surface area contributed by atoms with Crippen LogP contribution in [0.25, 0.3) is 0 Å². The Labute approximate surface area is 123 Å². The Balaban J connectivity index is 3.30. The van der Waals surface area contributed by atoms with E-state index in [0.29, 0.717) is 12.0 Å². The average Bonchev–Trinajstić information content (AvgIpc) is 2.46. The molecule has 0 aliphatic carbocycles. The van der Waals surface area contributed by atoms with E-state index in [2.05, 4.69) is 0 Å². The molecule has 0 unspecified atom stereocenters. The van der Waals surface area contributed by atoms with Crippen LogP contribution < -0.4 is 0 Å². The summed E-state index contributed by atoms with van der Waals surface area (Å²) in [5, 5.41) is 27.0. The van der Waals surface area contributed by atoms with Gasteiger partial charge in [-0.1, -0.05) is 13.0 Å². The number of carboxylic acids is 1. The predicted molar refractivity (Wildman–Crippen MR) is 75.7 cm³/mol. The molecule has 1 rings (SSSR count). The zero-order valence-electron chi connectivity index (χ0n) is 11.7. The summed E-state index contributed by atoms with van der Waals surface area (Å²) in [4.78, 5) is 11.0. The van der Waals surface area contributed by atoms with Gasteiger partial charge in [-0.05, 0) is 24.1 Å². The normalized spacial score (nSPS) is 11.8. The summed E-state index contributed by atoms with van der Waals surface area (Å²) < 4.78 is 25.7. The number of carbonyl (C=O) groups is 1. The molecule has 0 amide bonds. The van der Waals surface area contributed by atoms with Gasteiger partial charge in [-0.2, -0.15) is 4.31 Å². The molecule has 8 heteroatoms. The number of nitrogens with zero attached hydrogens (tertiary/aromatic N) is 1. The highest BCUT2D eigenvalue weighted by molar-refractivity contribution is 7.89. The van der Waals surface area contributed by atoms with Gasteiger partial charge in [-0.15, -0.1) is 0 Å². The minimum atomic E-state index is -3.96. The van der Waals surface area contributed by atoms with Crippen LogP contribution in [0.15, 0.2) is 23.1 Å². The number of aliphatic hydroxyl groups excluding tert-OH is 2. The lowest BCUT2D eigenvalue weighted by atomic mass is 10.1. The third-order valence-corrected chi connectivity index (χ3v) is 4.92. The number of benzene rings is 1. The molecule has 0 aliphatic rings. The van der Waals surface area contributed by atoms with Crippen LogP contribution in [0.2, 0.25) is 0 Å². The second-order valence-corrected chi connectivity index (χ2v) is 6.27. The fourth-order valence-electron chi connectivity index (χ4n) is 1.95. The number of sulfonamides is 1. The molecule has 0 aliphatic heterocycles. The van der Waals surface area contributed by atoms with Crippen LogP contribution in [-0.2, 0) is 16.4 Å². The number of aromatic carboxylic acids is 1. The van der Waals surface area contributed by atoms with Crippen molar-refractivity contribution in [2.45, 2.75) is 18.2 Å². The van der Waals surface area contributed by atoms with E-state index >= 15 is 0 Å². The quantitative estimate of drug-likeness (QED) is 0.618. The molecular formula is C13H19NO6S. The van der Waals surface area contributed by atoms with E-state index in [9.17, 15) is 13.2 Å². The minimum Gasteiger partial charge on any atom is -0.478 e. The van der Waals surface area contributed by atoms with Gasteiger partial charge in [0.15, 0.2) is 0 Å². The van der Waals surface area contributed by atoms with Crippen LogP contribution in [0.1, 0.15) is 22.8 Å². The average molecular weight is 317 g/mol. The highest BCUT2D eigenvalue weighted by Crippen LogP contribution is 2.20. The first-order chi connectivity index (χ1) is 9.88. The highest BCUT2D eigenvalue weighted by atomic mass is 32.2. The Kier molecular flexibility index (Phi) is 6.28. The molecular weight excluding hydrogens is 298 g/mol. The molecule has 0 atom stereocenters. The van der Waals surface area contributed by atoms with Gasteiger partial charge in [0, 0.05) is 13.1 Å². The maximum Gasteiger partial charge on any atom is 0.336 e. The van der Waals surface area contributed by atoms with Crippen molar-refractivity contribution in [3.8, 4) is 0 Å². The van der Waals surface area contributed by atoms with Crippen molar-refractivity contribution in [3.05, 3.63) is 29.3 Å². The second kappa shape index (κ2) is 7.51. The zero-order valence-corrected chi connectivity index (χ0v) is 12.5. The third-order valence-electron chi connectivity index (χ3n) is 3.03. The molecule has 0 fully saturated rings. The fraction of sp³-hybridized carbons (Fsp3) is 0.462. The number of hydrogen-bond donors (Lipinski definition) is 3. The fourth-order valence-corrected chi connectivity index (χ4v) is 3.40. The summed E-state index contributed by atoms with van der Waals surface area (Å²) in [6.45, 7) is 0.664. The first-order valence-electron chi connectivity index (χ1n) is 6.46. The highest BCUT2D eigenvalue weighted by Gasteiger charge is 2.25. The summed E-state index contributed by atoms with van der Waals surface area (Å²) in [7, 11) is -3.96. The SMILES string of the molecule is CCc1ccc(S(=O)(=O)N(CCO)CCO)cc1C(=O)O. The zero-order chi connectivity index (χ0) is 16.0. The van der Waals surface area contributed by atoms with E-state index in [4.69, 9.17) is 15.3 Å². The maximum atomic E-state index is 12.4. The van der Waals surface area contributed by atoms with Crippen LogP contribution >= 0.6 is 0 Å². The van der Waals surface area contributed by atoms with Gasteiger partial charge in [-0.25, -0.2) is 13.2 Å². The molecule has 0 heterocycles. The van der Waals surface area contributed by atoms with Crippen LogP contribution in [-0.4, -0.2) is 60.3 Å². The molecule has 21 heavy (non-hydrogen) atoms. The molecule has 7 nitrogen and oxygen atoms in total. The van der Waals surface area contributed by atoms with Crippen molar-refractivity contribution in [2.24, 2.45) is 0 Å². The smallest absolute Gasteiger partial charge is 0.336 e. The molecule has 0 saturated carbocycles. The molecule has 118 valence electrons. The van der Waals surface area contributed by atoms with Crippen molar-refractivity contribution in [1.82, 2.24) is 4.31 Å². The van der Waals surface area contributed by atoms with Gasteiger partial charge in [0.25, 0.3) is 0 Å². The number of carboxylic acid groups (broad SMARTS) is 1. The standard InChI is InChI=1S/C13H19NO6S/c1-2-10-3-4-11(9-12(10)13(17)18)21(19,20)14(5-7-15)6-8-16/h3-4,9,15-16H,2,5-8H2,1H3,(H,17,18). The third kappa shape index (κ3) is 4.01. The monoisotopic (exact) mass is 317 g/mol. The van der Waals surface area contributed by atoms with Gasteiger partial charge < -0.3 is 15.3 Å². The van der Waals surface area contributed by atoms with E-state index in [-0.39, 0.29) is 23.5 Å². The van der Waals surface area contributed by atoms with Gasteiger partial charge >= 0.3 is 5.97 Å². The van der Waals surface area contributed by atoms with Crippen molar-refractivity contribution in [3.63, 3.8) is 0 Å². The number of aryl methyl sites for hydroxylation is 1. The lowest BCUT2D eigenvalue weighted by Crippen LogP contribution is -2.36. The predicted octanol–water partition coefficient (Wildman–Crippen LogP) is -0.0775. The van der Waals surface area contributed by atoms with Gasteiger partial charge in [-0.3, -0.25) is 0 Å². The largest absolute Gasteiger partial charge is 0.478 e. The summed E-state index contributed by atoms with van der Waals surface area (Å²) >= 11 is 0. The van der Waals surface area contributed by atoms with Crippen molar-refractivity contribution < 1.29 is 28.5 Å². The van der Waals surface area contributed by atoms with Gasteiger partial charge in [0.1, 0.15) is 0 Å². The summed E-state index contributed by atoms with van der Waals surface area (Å²) in [6.07, 6.45) is 0.471. The van der Waals surface area contributed by atoms with Crippen LogP contribution in [0.3, 0.4) is 0 Å². The molecule has 1 aromatic carbocycles. The molecule has 0 bridgehead atoms. The van der Waals surface area contributed by atoms with Crippen LogP contribution in [0.5, 0.6) is 0 Å². The molecule has 1 aromatic rings. The Hall–Kier alpha value is -1.48. The van der Waals surface area contributed by atoms with E-state index in [1.807, 2.05) is 0 Å². The Bertz CT molecular complexity index is 593. The van der Waals surface area contributed by atoms with Gasteiger partial charge in [0.2, 0.25) is 10.0 Å². The van der Waals surface area contributed by atoms with Crippen molar-refractivity contribution >= 4 is 16.0 Å². The Morgan fingerprint density at radius 3 is 2.19 bits per heavy atom. The van der Waals surface area contributed by atoms with Crippen LogP contribution in [0.4, 0.5) is 0 Å². The van der Waals surface area contributed by atoms with Crippen LogP contribution in [0, 0.1) is 0 Å². The Morgan fingerprint density at radius 1 is 1.19 bits per heavy atom. The minimum absolute atomic E-state index is 0.0634. The summed E-state index contributed by atoms with van der Waals surface area (Å²) in [6, 6.07) is 3.91. The molecule has 3 N–H and O–H groups in total. The topological polar surface area (TPSA) is 115 Å². The summed E-state index contributed by atoms with van der Waals surface area (Å²) in [5.74, 6) is -1.19. The van der Waals surface area contributed by atoms with E-state index in [1.54, 1.807) is 6.92 Å². The first-order valence-corrected chi connectivity index (χ1v) is 7.90. The number of rotatable bonds is 8. The lowest BCUT2D eigenvalue weighted by Gasteiger charge is -2.20. The number of aliphatic hydroxyl groups is 2. The molecule has 0 saturated heterocycles. The Morgan fingerprint density at radius 2 is 1.76 bits per heavy atom. The first kappa shape index (κ1) is 17.6. The molecule has 0 aromatic heterocycles. The maximum absolute atomic E-state index is 12.4.